The molecule has 1 aliphatic rings. The molecule has 2 nitrogen and oxygen atoms in total. The lowest BCUT2D eigenvalue weighted by Crippen LogP contribution is -2.13. The van der Waals surface area contributed by atoms with Crippen molar-refractivity contribution in [2.24, 2.45) is 5.92 Å². The van der Waals surface area contributed by atoms with E-state index in [1.165, 1.54) is 31.2 Å². The van der Waals surface area contributed by atoms with Crippen LogP contribution < -0.4 is 0 Å². The van der Waals surface area contributed by atoms with Gasteiger partial charge in [0, 0.05) is 5.56 Å². The maximum absolute atomic E-state index is 4.87. The summed E-state index contributed by atoms with van der Waals surface area (Å²) in [5, 5.41) is 3.76. The first kappa shape index (κ1) is 7.84. The molecule has 1 aromatic heterocycles. The third-order valence-corrected chi connectivity index (χ3v) is 2.99. The molecule has 0 bridgehead atoms. The Kier molecular flexibility index (Phi) is 2.15. The summed E-state index contributed by atoms with van der Waals surface area (Å²) in [5.41, 5.74) is 1.29. The molecular weight excluding hydrogens is 150 g/mol. The Hall–Kier alpha value is -0.790. The van der Waals surface area contributed by atoms with Crippen LogP contribution in [0.25, 0.3) is 0 Å². The van der Waals surface area contributed by atoms with Crippen LogP contribution in [0.1, 0.15) is 44.1 Å². The Balaban J connectivity index is 2.11. The highest BCUT2D eigenvalue weighted by Gasteiger charge is 2.23. The van der Waals surface area contributed by atoms with Crippen molar-refractivity contribution in [2.45, 2.75) is 38.5 Å². The molecular formula is C10H15NO. The van der Waals surface area contributed by atoms with Crippen LogP contribution in [0.4, 0.5) is 0 Å². The summed E-state index contributed by atoms with van der Waals surface area (Å²) in [4.78, 5) is 0. The molecule has 0 saturated heterocycles. The van der Waals surface area contributed by atoms with Gasteiger partial charge in [0.25, 0.3) is 0 Å². The molecule has 1 aliphatic carbocycles. The minimum Gasteiger partial charge on any atom is -0.364 e. The molecule has 1 heterocycles. The highest BCUT2D eigenvalue weighted by Crippen LogP contribution is 2.36. The van der Waals surface area contributed by atoms with Gasteiger partial charge < -0.3 is 4.52 Å². The van der Waals surface area contributed by atoms with E-state index in [1.807, 2.05) is 6.20 Å². The van der Waals surface area contributed by atoms with Crippen LogP contribution in [0.5, 0.6) is 0 Å². The lowest BCUT2D eigenvalue weighted by molar-refractivity contribution is 0.328. The predicted octanol–water partition coefficient (Wildman–Crippen LogP) is 2.97. The van der Waals surface area contributed by atoms with Crippen molar-refractivity contribution in [1.29, 1.82) is 0 Å². The van der Waals surface area contributed by atoms with E-state index in [9.17, 15) is 0 Å². The third kappa shape index (κ3) is 1.38. The number of rotatable bonds is 1. The zero-order valence-corrected chi connectivity index (χ0v) is 7.49. The SMILES string of the molecule is CC1CCCCC1c1cnoc1. The van der Waals surface area contributed by atoms with Crippen LogP contribution in [-0.2, 0) is 0 Å². The van der Waals surface area contributed by atoms with Gasteiger partial charge in [-0.2, -0.15) is 0 Å². The van der Waals surface area contributed by atoms with Crippen LogP contribution in [0.2, 0.25) is 0 Å². The molecule has 0 amide bonds. The quantitative estimate of drug-likeness (QED) is 0.639. The second-order valence-electron chi connectivity index (χ2n) is 3.83. The molecule has 12 heavy (non-hydrogen) atoms. The van der Waals surface area contributed by atoms with Crippen molar-refractivity contribution < 1.29 is 4.52 Å². The van der Waals surface area contributed by atoms with Crippen molar-refractivity contribution in [3.63, 3.8) is 0 Å². The second kappa shape index (κ2) is 3.30. The molecule has 2 rings (SSSR count). The Bertz CT molecular complexity index is 230. The minimum absolute atomic E-state index is 0.699. The maximum Gasteiger partial charge on any atom is 0.127 e. The van der Waals surface area contributed by atoms with E-state index < -0.39 is 0 Å². The van der Waals surface area contributed by atoms with Crippen LogP contribution in [0.15, 0.2) is 17.0 Å². The summed E-state index contributed by atoms with van der Waals surface area (Å²) in [5.74, 6) is 1.50. The first-order chi connectivity index (χ1) is 5.88. The zero-order valence-electron chi connectivity index (χ0n) is 7.49. The summed E-state index contributed by atoms with van der Waals surface area (Å²) >= 11 is 0. The standard InChI is InChI=1S/C10H15NO/c1-8-4-2-3-5-10(8)9-6-11-12-7-9/h6-8,10H,2-5H2,1H3. The molecule has 1 fully saturated rings. The molecule has 0 radical (unpaired) electrons. The number of hydrogen-bond donors (Lipinski definition) is 0. The number of hydrogen-bond acceptors (Lipinski definition) is 2. The van der Waals surface area contributed by atoms with Gasteiger partial charge in [-0.15, -0.1) is 0 Å². The summed E-state index contributed by atoms with van der Waals surface area (Å²) < 4.78 is 4.87. The fourth-order valence-electron chi connectivity index (χ4n) is 2.21. The fourth-order valence-corrected chi connectivity index (χ4v) is 2.21. The van der Waals surface area contributed by atoms with Crippen molar-refractivity contribution >= 4 is 0 Å². The van der Waals surface area contributed by atoms with Gasteiger partial charge in [-0.3, -0.25) is 0 Å². The van der Waals surface area contributed by atoms with Crippen LogP contribution >= 0.6 is 0 Å². The zero-order chi connectivity index (χ0) is 8.39. The Morgan fingerprint density at radius 3 is 2.92 bits per heavy atom. The Morgan fingerprint density at radius 1 is 1.42 bits per heavy atom. The van der Waals surface area contributed by atoms with Gasteiger partial charge in [-0.05, 0) is 18.3 Å². The highest BCUT2D eigenvalue weighted by molar-refractivity contribution is 5.10. The fraction of sp³-hybridized carbons (Fsp3) is 0.700. The average molecular weight is 165 g/mol. The van der Waals surface area contributed by atoms with Crippen molar-refractivity contribution in [2.75, 3.05) is 0 Å². The van der Waals surface area contributed by atoms with Crippen LogP contribution in [-0.4, -0.2) is 5.16 Å². The van der Waals surface area contributed by atoms with Gasteiger partial charge in [0.2, 0.25) is 0 Å². The summed E-state index contributed by atoms with van der Waals surface area (Å²) in [7, 11) is 0. The van der Waals surface area contributed by atoms with E-state index in [0.29, 0.717) is 5.92 Å². The van der Waals surface area contributed by atoms with E-state index in [2.05, 4.69) is 12.1 Å². The molecule has 2 heteroatoms. The molecule has 0 spiro atoms. The summed E-state index contributed by atoms with van der Waals surface area (Å²) in [6, 6.07) is 0. The Morgan fingerprint density at radius 2 is 2.25 bits per heavy atom. The molecule has 1 saturated carbocycles. The molecule has 66 valence electrons. The van der Waals surface area contributed by atoms with Crippen molar-refractivity contribution in [3.05, 3.63) is 18.0 Å². The molecule has 0 aromatic carbocycles. The number of nitrogens with zero attached hydrogens (tertiary/aromatic N) is 1. The number of aromatic nitrogens is 1. The minimum atomic E-state index is 0.699. The summed E-state index contributed by atoms with van der Waals surface area (Å²) in [6.07, 6.45) is 9.08. The maximum atomic E-state index is 4.87. The highest BCUT2D eigenvalue weighted by atomic mass is 16.5. The van der Waals surface area contributed by atoms with E-state index in [-0.39, 0.29) is 0 Å². The van der Waals surface area contributed by atoms with Gasteiger partial charge >= 0.3 is 0 Å². The van der Waals surface area contributed by atoms with E-state index in [4.69, 9.17) is 4.52 Å². The normalized spacial score (nSPS) is 30.4. The third-order valence-electron chi connectivity index (χ3n) is 2.99. The predicted molar refractivity (Wildman–Crippen MR) is 46.9 cm³/mol. The molecule has 0 N–H and O–H groups in total. The summed E-state index contributed by atoms with van der Waals surface area (Å²) in [6.45, 7) is 2.33. The van der Waals surface area contributed by atoms with Gasteiger partial charge in [0.15, 0.2) is 0 Å². The van der Waals surface area contributed by atoms with E-state index >= 15 is 0 Å². The second-order valence-corrected chi connectivity index (χ2v) is 3.83. The molecule has 0 aliphatic heterocycles. The largest absolute Gasteiger partial charge is 0.364 e. The average Bonchev–Trinajstić information content (AvgIpc) is 2.57. The van der Waals surface area contributed by atoms with Gasteiger partial charge in [-0.25, -0.2) is 0 Å². The van der Waals surface area contributed by atoms with Gasteiger partial charge in [-0.1, -0.05) is 31.3 Å². The van der Waals surface area contributed by atoms with Crippen molar-refractivity contribution in [1.82, 2.24) is 5.16 Å². The first-order valence-electron chi connectivity index (χ1n) is 4.77. The lowest BCUT2D eigenvalue weighted by atomic mass is 9.77. The van der Waals surface area contributed by atoms with E-state index in [1.54, 1.807) is 6.26 Å². The van der Waals surface area contributed by atoms with Crippen LogP contribution in [0, 0.1) is 5.92 Å². The lowest BCUT2D eigenvalue weighted by Gasteiger charge is -2.27. The first-order valence-corrected chi connectivity index (χ1v) is 4.77. The topological polar surface area (TPSA) is 26.0 Å². The molecule has 2 atom stereocenters. The molecule has 2 unspecified atom stereocenters. The smallest absolute Gasteiger partial charge is 0.127 e. The van der Waals surface area contributed by atoms with Gasteiger partial charge in [0.1, 0.15) is 6.26 Å². The molecule has 1 aromatic rings. The van der Waals surface area contributed by atoms with Gasteiger partial charge in [0.05, 0.1) is 6.20 Å². The Labute approximate surface area is 72.9 Å². The van der Waals surface area contributed by atoms with Crippen LogP contribution in [0.3, 0.4) is 0 Å². The van der Waals surface area contributed by atoms with Crippen molar-refractivity contribution in [3.8, 4) is 0 Å². The monoisotopic (exact) mass is 165 g/mol. The van der Waals surface area contributed by atoms with E-state index in [0.717, 1.165) is 5.92 Å².